The van der Waals surface area contributed by atoms with Gasteiger partial charge in [0.15, 0.2) is 6.61 Å². The van der Waals surface area contributed by atoms with Crippen LogP contribution in [0.25, 0.3) is 5.69 Å². The number of carbonyl (C=O) groups excluding carboxylic acids is 2. The van der Waals surface area contributed by atoms with E-state index in [1.807, 2.05) is 47.3 Å². The van der Waals surface area contributed by atoms with E-state index in [4.69, 9.17) is 10.00 Å². The minimum absolute atomic E-state index is 0.122. The fourth-order valence-corrected chi connectivity index (χ4v) is 2.59. The van der Waals surface area contributed by atoms with Gasteiger partial charge in [0.2, 0.25) is 0 Å². The number of hydrogen-bond acceptors (Lipinski definition) is 4. The Balaban J connectivity index is 1.67. The molecule has 27 heavy (non-hydrogen) atoms. The van der Waals surface area contributed by atoms with E-state index in [1.54, 1.807) is 42.5 Å². The number of nitriles is 1. The van der Waals surface area contributed by atoms with E-state index in [0.717, 1.165) is 5.69 Å². The van der Waals surface area contributed by atoms with E-state index in [9.17, 15) is 9.59 Å². The molecule has 0 saturated carbocycles. The first-order chi connectivity index (χ1) is 13.2. The summed E-state index contributed by atoms with van der Waals surface area (Å²) in [6.07, 6.45) is 3.74. The van der Waals surface area contributed by atoms with Gasteiger partial charge in [-0.2, -0.15) is 5.26 Å². The van der Waals surface area contributed by atoms with Crippen molar-refractivity contribution >= 4 is 17.6 Å². The van der Waals surface area contributed by atoms with Crippen LogP contribution in [-0.2, 0) is 9.53 Å². The first-order valence-corrected chi connectivity index (χ1v) is 8.32. The summed E-state index contributed by atoms with van der Waals surface area (Å²) in [6, 6.07) is 21.5. The summed E-state index contributed by atoms with van der Waals surface area (Å²) < 4.78 is 7.03. The molecular weight excluding hydrogens is 342 g/mol. The van der Waals surface area contributed by atoms with Gasteiger partial charge in [-0.25, -0.2) is 4.79 Å². The quantitative estimate of drug-likeness (QED) is 0.500. The molecule has 3 aromatic rings. The number of esters is 1. The molecule has 0 fully saturated rings. The summed E-state index contributed by atoms with van der Waals surface area (Å²) in [5, 5.41) is 8.97. The maximum atomic E-state index is 12.4. The second-order valence-corrected chi connectivity index (χ2v) is 5.69. The van der Waals surface area contributed by atoms with E-state index in [0.29, 0.717) is 11.3 Å². The van der Waals surface area contributed by atoms with Gasteiger partial charge in [0, 0.05) is 23.8 Å². The van der Waals surface area contributed by atoms with Crippen molar-refractivity contribution in [3.63, 3.8) is 0 Å². The Morgan fingerprint density at radius 3 is 2.44 bits per heavy atom. The summed E-state index contributed by atoms with van der Waals surface area (Å²) in [4.78, 5) is 26.0. The van der Waals surface area contributed by atoms with E-state index >= 15 is 0 Å². The number of aromatic nitrogens is 1. The smallest absolute Gasteiger partial charge is 0.338 e. The maximum Gasteiger partial charge on any atom is 0.338 e. The highest BCUT2D eigenvalue weighted by Crippen LogP contribution is 2.14. The van der Waals surface area contributed by atoms with E-state index in [-0.39, 0.29) is 6.54 Å². The van der Waals surface area contributed by atoms with Crippen LogP contribution in [0.4, 0.5) is 5.69 Å². The van der Waals surface area contributed by atoms with Crippen LogP contribution < -0.4 is 4.90 Å². The summed E-state index contributed by atoms with van der Waals surface area (Å²) in [6.45, 7) is -0.563. The second kappa shape index (κ2) is 8.50. The van der Waals surface area contributed by atoms with Crippen molar-refractivity contribution in [3.8, 4) is 11.8 Å². The molecule has 134 valence electrons. The highest BCUT2D eigenvalue weighted by atomic mass is 16.5. The van der Waals surface area contributed by atoms with Crippen LogP contribution in [0.1, 0.15) is 10.4 Å². The van der Waals surface area contributed by atoms with Crippen molar-refractivity contribution in [1.29, 1.82) is 5.26 Å². The summed E-state index contributed by atoms with van der Waals surface area (Å²) in [7, 11) is 0. The SMILES string of the molecule is N#CCN(C(=O)COC(=O)c1cccc(-n2cccc2)c1)c1ccccc1. The third kappa shape index (κ3) is 4.41. The van der Waals surface area contributed by atoms with Crippen molar-refractivity contribution in [2.75, 3.05) is 18.1 Å². The Morgan fingerprint density at radius 2 is 1.74 bits per heavy atom. The van der Waals surface area contributed by atoms with Gasteiger partial charge < -0.3 is 9.30 Å². The van der Waals surface area contributed by atoms with Crippen LogP contribution in [0, 0.1) is 11.3 Å². The van der Waals surface area contributed by atoms with Gasteiger partial charge in [-0.1, -0.05) is 24.3 Å². The van der Waals surface area contributed by atoms with E-state index in [2.05, 4.69) is 0 Å². The van der Waals surface area contributed by atoms with Gasteiger partial charge in [0.25, 0.3) is 5.91 Å². The van der Waals surface area contributed by atoms with Crippen molar-refractivity contribution in [2.24, 2.45) is 0 Å². The number of benzene rings is 2. The summed E-state index contributed by atoms with van der Waals surface area (Å²) in [5.41, 5.74) is 1.74. The van der Waals surface area contributed by atoms with Crippen molar-refractivity contribution in [1.82, 2.24) is 4.57 Å². The number of amides is 1. The molecule has 6 heteroatoms. The van der Waals surface area contributed by atoms with Gasteiger partial charge >= 0.3 is 5.97 Å². The molecular formula is C21H17N3O3. The zero-order valence-corrected chi connectivity index (χ0v) is 14.5. The lowest BCUT2D eigenvalue weighted by Crippen LogP contribution is -2.35. The molecule has 0 atom stereocenters. The molecule has 0 N–H and O–H groups in total. The highest BCUT2D eigenvalue weighted by molar-refractivity contribution is 5.97. The van der Waals surface area contributed by atoms with Crippen LogP contribution >= 0.6 is 0 Å². The minimum Gasteiger partial charge on any atom is -0.452 e. The lowest BCUT2D eigenvalue weighted by molar-refractivity contribution is -0.121. The summed E-state index contributed by atoms with van der Waals surface area (Å²) in [5.74, 6) is -1.06. The Morgan fingerprint density at radius 1 is 1.00 bits per heavy atom. The first-order valence-electron chi connectivity index (χ1n) is 8.32. The number of rotatable bonds is 6. The molecule has 6 nitrogen and oxygen atoms in total. The molecule has 0 unspecified atom stereocenters. The average Bonchev–Trinajstić information content (AvgIpc) is 3.25. The molecule has 2 aromatic carbocycles. The van der Waals surface area contributed by atoms with Gasteiger partial charge in [-0.15, -0.1) is 0 Å². The standard InChI is InChI=1S/C21H17N3O3/c22-11-14-24(18-8-2-1-3-9-18)20(25)16-27-21(26)17-7-6-10-19(15-17)23-12-4-5-13-23/h1-10,12-13,15H,14,16H2. The predicted octanol–water partition coefficient (Wildman–Crippen LogP) is 3.19. The molecule has 0 saturated heterocycles. The third-order valence-corrected chi connectivity index (χ3v) is 3.91. The molecule has 3 rings (SSSR count). The molecule has 1 aromatic heterocycles. The van der Waals surface area contributed by atoms with Gasteiger partial charge in [-0.3, -0.25) is 9.69 Å². The average molecular weight is 359 g/mol. The van der Waals surface area contributed by atoms with Gasteiger partial charge in [-0.05, 0) is 42.5 Å². The molecule has 1 heterocycles. The van der Waals surface area contributed by atoms with E-state index in [1.165, 1.54) is 4.90 Å². The molecule has 0 aliphatic heterocycles. The normalized spacial score (nSPS) is 10.0. The van der Waals surface area contributed by atoms with Gasteiger partial charge in [0.1, 0.15) is 6.54 Å². The Hall–Kier alpha value is -3.85. The molecule has 0 aliphatic carbocycles. The number of carbonyl (C=O) groups is 2. The molecule has 0 radical (unpaired) electrons. The van der Waals surface area contributed by atoms with Crippen LogP contribution in [0.3, 0.4) is 0 Å². The highest BCUT2D eigenvalue weighted by Gasteiger charge is 2.18. The lowest BCUT2D eigenvalue weighted by Gasteiger charge is -2.19. The minimum atomic E-state index is -0.595. The number of anilines is 1. The zero-order valence-electron chi connectivity index (χ0n) is 14.5. The van der Waals surface area contributed by atoms with Gasteiger partial charge in [0.05, 0.1) is 11.6 Å². The number of ether oxygens (including phenoxy) is 1. The fourth-order valence-electron chi connectivity index (χ4n) is 2.59. The molecule has 1 amide bonds. The van der Waals surface area contributed by atoms with Crippen LogP contribution in [-0.4, -0.2) is 29.6 Å². The maximum absolute atomic E-state index is 12.4. The first kappa shape index (κ1) is 18.0. The Bertz CT molecular complexity index is 960. The number of para-hydroxylation sites is 1. The monoisotopic (exact) mass is 359 g/mol. The lowest BCUT2D eigenvalue weighted by atomic mass is 10.2. The number of nitrogens with zero attached hydrogens (tertiary/aromatic N) is 3. The van der Waals surface area contributed by atoms with Crippen molar-refractivity contribution in [3.05, 3.63) is 84.7 Å². The summed E-state index contributed by atoms with van der Waals surface area (Å²) >= 11 is 0. The van der Waals surface area contributed by atoms with E-state index < -0.39 is 18.5 Å². The fraction of sp³-hybridized carbons (Fsp3) is 0.0952. The topological polar surface area (TPSA) is 75.3 Å². The molecule has 0 bridgehead atoms. The van der Waals surface area contributed by atoms with Crippen LogP contribution in [0.15, 0.2) is 79.1 Å². The van der Waals surface area contributed by atoms with Crippen LogP contribution in [0.2, 0.25) is 0 Å². The Labute approximate surface area is 156 Å². The second-order valence-electron chi connectivity index (χ2n) is 5.69. The zero-order chi connectivity index (χ0) is 19.1. The predicted molar refractivity (Wildman–Crippen MR) is 100 cm³/mol. The largest absolute Gasteiger partial charge is 0.452 e. The molecule has 0 aliphatic rings. The van der Waals surface area contributed by atoms with Crippen molar-refractivity contribution in [2.45, 2.75) is 0 Å². The van der Waals surface area contributed by atoms with Crippen molar-refractivity contribution < 1.29 is 14.3 Å². The number of hydrogen-bond donors (Lipinski definition) is 0. The Kier molecular flexibility index (Phi) is 5.65. The van der Waals surface area contributed by atoms with Crippen LogP contribution in [0.5, 0.6) is 0 Å². The third-order valence-electron chi connectivity index (χ3n) is 3.91. The molecule has 0 spiro atoms.